The maximum Gasteiger partial charge on any atom is 0.417 e. The molecular formula is C19H13F3N2O2S. The molecule has 1 aromatic heterocycles. The second-order valence-electron chi connectivity index (χ2n) is 5.51. The number of halogens is 3. The minimum atomic E-state index is -4.63. The van der Waals surface area contributed by atoms with Crippen LogP contribution < -0.4 is 10.6 Å². The molecule has 27 heavy (non-hydrogen) atoms. The van der Waals surface area contributed by atoms with Crippen molar-refractivity contribution in [1.29, 1.82) is 0 Å². The summed E-state index contributed by atoms with van der Waals surface area (Å²) in [5.74, 6) is -1.19. The summed E-state index contributed by atoms with van der Waals surface area (Å²) in [6.07, 6.45) is -4.63. The molecule has 0 atom stereocenters. The highest BCUT2D eigenvalue weighted by atomic mass is 32.1. The number of rotatable bonds is 4. The van der Waals surface area contributed by atoms with E-state index in [1.807, 2.05) is 0 Å². The molecule has 0 aliphatic heterocycles. The maximum atomic E-state index is 13.1. The SMILES string of the molecule is O=C(Nc1cccc(NC(=O)c2ccccc2C(F)(F)F)c1)c1cccs1. The lowest BCUT2D eigenvalue weighted by Crippen LogP contribution is -2.18. The summed E-state index contributed by atoms with van der Waals surface area (Å²) in [5, 5.41) is 6.87. The third-order valence-electron chi connectivity index (χ3n) is 3.60. The van der Waals surface area contributed by atoms with Gasteiger partial charge in [0.2, 0.25) is 0 Å². The van der Waals surface area contributed by atoms with Crippen LogP contribution in [-0.2, 0) is 6.18 Å². The predicted octanol–water partition coefficient (Wildman–Crippen LogP) is 5.27. The first-order valence-corrected chi connectivity index (χ1v) is 8.65. The predicted molar refractivity (Wildman–Crippen MR) is 98.1 cm³/mol. The van der Waals surface area contributed by atoms with Gasteiger partial charge < -0.3 is 10.6 Å². The van der Waals surface area contributed by atoms with E-state index in [0.29, 0.717) is 10.6 Å². The Morgan fingerprint density at radius 1 is 0.815 bits per heavy atom. The molecule has 3 aromatic rings. The Labute approximate surface area is 156 Å². The summed E-state index contributed by atoms with van der Waals surface area (Å²) in [5.41, 5.74) is -0.807. The minimum Gasteiger partial charge on any atom is -0.322 e. The van der Waals surface area contributed by atoms with Crippen molar-refractivity contribution in [2.75, 3.05) is 10.6 Å². The summed E-state index contributed by atoms with van der Waals surface area (Å²) in [7, 11) is 0. The molecule has 0 aliphatic rings. The summed E-state index contributed by atoms with van der Waals surface area (Å²) in [4.78, 5) is 24.9. The van der Waals surface area contributed by atoms with Gasteiger partial charge in [0.05, 0.1) is 16.0 Å². The molecule has 2 amide bonds. The second-order valence-corrected chi connectivity index (χ2v) is 6.46. The Bertz CT molecular complexity index is 969. The zero-order valence-electron chi connectivity index (χ0n) is 13.7. The fourth-order valence-electron chi connectivity index (χ4n) is 2.40. The van der Waals surface area contributed by atoms with Gasteiger partial charge in [0.25, 0.3) is 11.8 Å². The fourth-order valence-corrected chi connectivity index (χ4v) is 3.02. The molecule has 138 valence electrons. The van der Waals surface area contributed by atoms with Crippen molar-refractivity contribution in [3.05, 3.63) is 82.0 Å². The number of thiophene rings is 1. The summed E-state index contributed by atoms with van der Waals surface area (Å²) >= 11 is 1.28. The first kappa shape index (κ1) is 18.7. The van der Waals surface area contributed by atoms with Crippen molar-refractivity contribution in [3.8, 4) is 0 Å². The highest BCUT2D eigenvalue weighted by molar-refractivity contribution is 7.12. The molecule has 0 radical (unpaired) electrons. The van der Waals surface area contributed by atoms with Gasteiger partial charge in [-0.15, -0.1) is 11.3 Å². The van der Waals surface area contributed by atoms with E-state index in [0.717, 1.165) is 12.1 Å². The largest absolute Gasteiger partial charge is 0.417 e. The van der Waals surface area contributed by atoms with E-state index in [4.69, 9.17) is 0 Å². The second kappa shape index (κ2) is 7.63. The average molecular weight is 390 g/mol. The Morgan fingerprint density at radius 3 is 2.11 bits per heavy atom. The molecular weight excluding hydrogens is 377 g/mol. The molecule has 0 unspecified atom stereocenters. The van der Waals surface area contributed by atoms with Crippen LogP contribution in [0, 0.1) is 0 Å². The van der Waals surface area contributed by atoms with E-state index < -0.39 is 23.2 Å². The summed E-state index contributed by atoms with van der Waals surface area (Å²) in [6.45, 7) is 0. The van der Waals surface area contributed by atoms with Gasteiger partial charge in [-0.2, -0.15) is 13.2 Å². The van der Waals surface area contributed by atoms with Crippen molar-refractivity contribution < 1.29 is 22.8 Å². The highest BCUT2D eigenvalue weighted by Gasteiger charge is 2.34. The van der Waals surface area contributed by atoms with Crippen LogP contribution in [0.4, 0.5) is 24.5 Å². The number of anilines is 2. The molecule has 0 aliphatic carbocycles. The van der Waals surface area contributed by atoms with Gasteiger partial charge in [0.15, 0.2) is 0 Å². The molecule has 2 N–H and O–H groups in total. The van der Waals surface area contributed by atoms with Crippen LogP contribution in [0.2, 0.25) is 0 Å². The monoisotopic (exact) mass is 390 g/mol. The molecule has 8 heteroatoms. The van der Waals surface area contributed by atoms with Crippen molar-refractivity contribution in [2.45, 2.75) is 6.18 Å². The zero-order chi connectivity index (χ0) is 19.4. The van der Waals surface area contributed by atoms with Crippen LogP contribution in [0.25, 0.3) is 0 Å². The van der Waals surface area contributed by atoms with Crippen molar-refractivity contribution >= 4 is 34.5 Å². The van der Waals surface area contributed by atoms with Crippen LogP contribution in [0.15, 0.2) is 66.0 Å². The van der Waals surface area contributed by atoms with Gasteiger partial charge in [0.1, 0.15) is 0 Å². The number of alkyl halides is 3. The number of benzene rings is 2. The van der Waals surface area contributed by atoms with Crippen LogP contribution in [-0.4, -0.2) is 11.8 Å². The Morgan fingerprint density at radius 2 is 1.48 bits per heavy atom. The standard InChI is InChI=1S/C19H13F3N2O2S/c20-19(21,22)15-8-2-1-7-14(15)17(25)23-12-5-3-6-13(11-12)24-18(26)16-9-4-10-27-16/h1-11H,(H,23,25)(H,24,26). The van der Waals surface area contributed by atoms with Crippen LogP contribution in [0.5, 0.6) is 0 Å². The molecule has 0 fully saturated rings. The lowest BCUT2D eigenvalue weighted by molar-refractivity contribution is -0.137. The van der Waals surface area contributed by atoms with Crippen molar-refractivity contribution in [1.82, 2.24) is 0 Å². The van der Waals surface area contributed by atoms with Crippen LogP contribution in [0.3, 0.4) is 0 Å². The fraction of sp³-hybridized carbons (Fsp3) is 0.0526. The lowest BCUT2D eigenvalue weighted by Gasteiger charge is -2.13. The lowest BCUT2D eigenvalue weighted by atomic mass is 10.1. The topological polar surface area (TPSA) is 58.2 Å². The third-order valence-corrected chi connectivity index (χ3v) is 4.47. The van der Waals surface area contributed by atoms with Gasteiger partial charge >= 0.3 is 6.18 Å². The maximum absolute atomic E-state index is 13.1. The Kier molecular flexibility index (Phi) is 5.27. The van der Waals surface area contributed by atoms with Crippen LogP contribution in [0.1, 0.15) is 25.6 Å². The molecule has 0 spiro atoms. The molecule has 1 heterocycles. The number of hydrogen-bond donors (Lipinski definition) is 2. The normalized spacial score (nSPS) is 11.1. The van der Waals surface area contributed by atoms with E-state index in [1.165, 1.54) is 35.6 Å². The summed E-state index contributed by atoms with van der Waals surface area (Å²) < 4.78 is 39.2. The smallest absolute Gasteiger partial charge is 0.322 e. The number of carbonyl (C=O) groups excluding carboxylic acids is 2. The first-order valence-electron chi connectivity index (χ1n) is 7.77. The zero-order valence-corrected chi connectivity index (χ0v) is 14.5. The van der Waals surface area contributed by atoms with Gasteiger partial charge in [-0.3, -0.25) is 9.59 Å². The van der Waals surface area contributed by atoms with Gasteiger partial charge in [0, 0.05) is 11.4 Å². The molecule has 4 nitrogen and oxygen atoms in total. The van der Waals surface area contributed by atoms with E-state index in [2.05, 4.69) is 10.6 Å². The van der Waals surface area contributed by atoms with Crippen LogP contribution >= 0.6 is 11.3 Å². The number of hydrogen-bond acceptors (Lipinski definition) is 3. The molecule has 3 rings (SSSR count). The Hall–Kier alpha value is -3.13. The van der Waals surface area contributed by atoms with Gasteiger partial charge in [-0.25, -0.2) is 0 Å². The van der Waals surface area contributed by atoms with Crippen molar-refractivity contribution in [3.63, 3.8) is 0 Å². The first-order chi connectivity index (χ1) is 12.8. The van der Waals surface area contributed by atoms with Gasteiger partial charge in [-0.05, 0) is 41.8 Å². The highest BCUT2D eigenvalue weighted by Crippen LogP contribution is 2.32. The van der Waals surface area contributed by atoms with Gasteiger partial charge in [-0.1, -0.05) is 24.3 Å². The van der Waals surface area contributed by atoms with Crippen molar-refractivity contribution in [2.24, 2.45) is 0 Å². The Balaban J connectivity index is 1.77. The minimum absolute atomic E-state index is 0.265. The molecule has 2 aromatic carbocycles. The molecule has 0 saturated heterocycles. The number of nitrogens with one attached hydrogen (secondary N) is 2. The van der Waals surface area contributed by atoms with E-state index >= 15 is 0 Å². The third kappa shape index (κ3) is 4.53. The molecule has 0 bridgehead atoms. The number of carbonyl (C=O) groups is 2. The molecule has 0 saturated carbocycles. The van der Waals surface area contributed by atoms with E-state index in [9.17, 15) is 22.8 Å². The average Bonchev–Trinajstić information content (AvgIpc) is 3.16. The van der Waals surface area contributed by atoms with E-state index in [-0.39, 0.29) is 11.6 Å². The van der Waals surface area contributed by atoms with E-state index in [1.54, 1.807) is 29.6 Å². The quantitative estimate of drug-likeness (QED) is 0.637. The number of amides is 2. The summed E-state index contributed by atoms with van der Waals surface area (Å²) in [6, 6.07) is 14.2.